The fraction of sp³-hybridized carbons (Fsp3) is 0.429. The largest absolute Gasteiger partial charge is 0.465 e. The summed E-state index contributed by atoms with van der Waals surface area (Å²) in [6.45, 7) is 4.33. The minimum Gasteiger partial charge on any atom is -0.465 e. The van der Waals surface area contributed by atoms with Gasteiger partial charge in [-0.3, -0.25) is 9.59 Å². The molecule has 1 aromatic rings. The van der Waals surface area contributed by atoms with E-state index in [1.165, 1.54) is 0 Å². The van der Waals surface area contributed by atoms with Crippen LogP contribution < -0.4 is 5.32 Å². The molecular formula is C14H19NO3. The Bertz CT molecular complexity index is 389. The van der Waals surface area contributed by atoms with Gasteiger partial charge in [0.15, 0.2) is 5.78 Å². The molecule has 0 aliphatic heterocycles. The van der Waals surface area contributed by atoms with Gasteiger partial charge in [0.25, 0.3) is 0 Å². The van der Waals surface area contributed by atoms with Crippen LogP contribution in [0.3, 0.4) is 0 Å². The van der Waals surface area contributed by atoms with Gasteiger partial charge in [-0.05, 0) is 13.8 Å². The Morgan fingerprint density at radius 3 is 2.56 bits per heavy atom. The van der Waals surface area contributed by atoms with Gasteiger partial charge in [0, 0.05) is 18.5 Å². The van der Waals surface area contributed by atoms with Crippen molar-refractivity contribution in [1.29, 1.82) is 0 Å². The van der Waals surface area contributed by atoms with Gasteiger partial charge in [-0.15, -0.1) is 0 Å². The molecule has 0 fully saturated rings. The molecule has 1 N–H and O–H groups in total. The second-order valence-corrected chi connectivity index (χ2v) is 3.97. The lowest BCUT2D eigenvalue weighted by molar-refractivity contribution is -0.145. The van der Waals surface area contributed by atoms with Crippen LogP contribution >= 0.6 is 0 Å². The molecule has 1 atom stereocenters. The average Bonchev–Trinajstić information content (AvgIpc) is 2.39. The van der Waals surface area contributed by atoms with Gasteiger partial charge in [0.2, 0.25) is 0 Å². The summed E-state index contributed by atoms with van der Waals surface area (Å²) < 4.78 is 4.86. The van der Waals surface area contributed by atoms with E-state index in [9.17, 15) is 9.59 Å². The standard InChI is InChI=1S/C14H19NO3/c1-3-18-14(17)11(2)15-10-9-13(16)12-7-5-4-6-8-12/h4-8,11,15H,3,9-10H2,1-2H3/t11-/m1/s1. The van der Waals surface area contributed by atoms with Crippen molar-refractivity contribution in [3.05, 3.63) is 35.9 Å². The van der Waals surface area contributed by atoms with E-state index in [1.54, 1.807) is 26.0 Å². The number of hydrogen-bond acceptors (Lipinski definition) is 4. The predicted molar refractivity (Wildman–Crippen MR) is 69.5 cm³/mol. The average molecular weight is 249 g/mol. The maximum absolute atomic E-state index is 11.8. The van der Waals surface area contributed by atoms with E-state index >= 15 is 0 Å². The van der Waals surface area contributed by atoms with E-state index in [2.05, 4.69) is 5.32 Å². The third kappa shape index (κ3) is 4.67. The predicted octanol–water partition coefficient (Wildman–Crippen LogP) is 1.80. The summed E-state index contributed by atoms with van der Waals surface area (Å²) in [6, 6.07) is 8.74. The summed E-state index contributed by atoms with van der Waals surface area (Å²) in [4.78, 5) is 23.1. The highest BCUT2D eigenvalue weighted by Crippen LogP contribution is 2.02. The Labute approximate surface area is 107 Å². The van der Waals surface area contributed by atoms with Gasteiger partial charge in [-0.1, -0.05) is 30.3 Å². The van der Waals surface area contributed by atoms with E-state index in [0.717, 1.165) is 0 Å². The molecule has 0 unspecified atom stereocenters. The monoisotopic (exact) mass is 249 g/mol. The smallest absolute Gasteiger partial charge is 0.322 e. The van der Waals surface area contributed by atoms with Crippen molar-refractivity contribution in [1.82, 2.24) is 5.32 Å². The molecule has 0 saturated carbocycles. The first-order valence-electron chi connectivity index (χ1n) is 6.13. The molecule has 0 aromatic heterocycles. The number of rotatable bonds is 7. The number of benzene rings is 1. The first kappa shape index (κ1) is 14.4. The van der Waals surface area contributed by atoms with Crippen LogP contribution in [-0.2, 0) is 9.53 Å². The number of hydrogen-bond donors (Lipinski definition) is 1. The Morgan fingerprint density at radius 2 is 1.94 bits per heavy atom. The van der Waals surface area contributed by atoms with Gasteiger partial charge >= 0.3 is 5.97 Å². The third-order valence-corrected chi connectivity index (χ3v) is 2.54. The number of Topliss-reactive ketones (excluding diaryl/α,β-unsaturated/α-hetero) is 1. The Morgan fingerprint density at radius 1 is 1.28 bits per heavy atom. The van der Waals surface area contributed by atoms with Crippen LogP contribution in [0.25, 0.3) is 0 Å². The zero-order valence-electron chi connectivity index (χ0n) is 10.8. The molecule has 0 bridgehead atoms. The topological polar surface area (TPSA) is 55.4 Å². The van der Waals surface area contributed by atoms with Crippen LogP contribution in [0.2, 0.25) is 0 Å². The first-order valence-corrected chi connectivity index (χ1v) is 6.13. The number of nitrogens with one attached hydrogen (secondary N) is 1. The summed E-state index contributed by atoms with van der Waals surface area (Å²) in [5, 5.41) is 2.97. The quantitative estimate of drug-likeness (QED) is 0.591. The minimum atomic E-state index is -0.381. The van der Waals surface area contributed by atoms with E-state index in [4.69, 9.17) is 4.74 Å². The summed E-state index contributed by atoms with van der Waals surface area (Å²) in [5.74, 6) is -0.219. The van der Waals surface area contributed by atoms with Crippen molar-refractivity contribution in [2.24, 2.45) is 0 Å². The number of carbonyl (C=O) groups excluding carboxylic acids is 2. The van der Waals surface area contributed by atoms with Crippen molar-refractivity contribution >= 4 is 11.8 Å². The Hall–Kier alpha value is -1.68. The Balaban J connectivity index is 2.30. The van der Waals surface area contributed by atoms with Crippen LogP contribution in [0.15, 0.2) is 30.3 Å². The van der Waals surface area contributed by atoms with Gasteiger partial charge in [-0.2, -0.15) is 0 Å². The second-order valence-electron chi connectivity index (χ2n) is 3.97. The number of ether oxygens (including phenoxy) is 1. The highest BCUT2D eigenvalue weighted by molar-refractivity contribution is 5.96. The molecule has 0 spiro atoms. The van der Waals surface area contributed by atoms with Crippen LogP contribution in [0, 0.1) is 0 Å². The van der Waals surface area contributed by atoms with Gasteiger partial charge in [0.05, 0.1) is 6.61 Å². The molecule has 0 saturated heterocycles. The zero-order valence-corrected chi connectivity index (χ0v) is 10.8. The van der Waals surface area contributed by atoms with E-state index in [1.807, 2.05) is 18.2 Å². The van der Waals surface area contributed by atoms with Crippen LogP contribution in [0.1, 0.15) is 30.6 Å². The van der Waals surface area contributed by atoms with Crippen molar-refractivity contribution in [3.8, 4) is 0 Å². The van der Waals surface area contributed by atoms with Crippen LogP contribution in [0.5, 0.6) is 0 Å². The highest BCUT2D eigenvalue weighted by atomic mass is 16.5. The molecule has 1 aromatic carbocycles. The van der Waals surface area contributed by atoms with Gasteiger partial charge in [0.1, 0.15) is 6.04 Å². The normalized spacial score (nSPS) is 11.9. The lowest BCUT2D eigenvalue weighted by Crippen LogP contribution is -2.36. The van der Waals surface area contributed by atoms with E-state index in [0.29, 0.717) is 25.1 Å². The molecule has 4 heteroatoms. The molecule has 0 amide bonds. The van der Waals surface area contributed by atoms with Crippen molar-refractivity contribution in [3.63, 3.8) is 0 Å². The molecular weight excluding hydrogens is 230 g/mol. The third-order valence-electron chi connectivity index (χ3n) is 2.54. The molecule has 98 valence electrons. The fourth-order valence-electron chi connectivity index (χ4n) is 1.52. The Kier molecular flexibility index (Phi) is 6.08. The number of carbonyl (C=O) groups is 2. The van der Waals surface area contributed by atoms with E-state index < -0.39 is 0 Å². The molecule has 0 radical (unpaired) electrons. The van der Waals surface area contributed by atoms with Crippen molar-refractivity contribution in [2.75, 3.05) is 13.2 Å². The summed E-state index contributed by atoms with van der Waals surface area (Å²) >= 11 is 0. The summed E-state index contributed by atoms with van der Waals surface area (Å²) in [6.07, 6.45) is 0.369. The minimum absolute atomic E-state index is 0.0687. The molecule has 4 nitrogen and oxygen atoms in total. The molecule has 0 heterocycles. The lowest BCUT2D eigenvalue weighted by atomic mass is 10.1. The van der Waals surface area contributed by atoms with Crippen molar-refractivity contribution in [2.45, 2.75) is 26.3 Å². The summed E-state index contributed by atoms with van der Waals surface area (Å²) in [7, 11) is 0. The first-order chi connectivity index (χ1) is 8.65. The maximum atomic E-state index is 11.8. The van der Waals surface area contributed by atoms with Crippen LogP contribution in [0.4, 0.5) is 0 Å². The fourth-order valence-corrected chi connectivity index (χ4v) is 1.52. The van der Waals surface area contributed by atoms with Crippen LogP contribution in [-0.4, -0.2) is 30.9 Å². The highest BCUT2D eigenvalue weighted by Gasteiger charge is 2.13. The molecule has 0 aliphatic carbocycles. The van der Waals surface area contributed by atoms with E-state index in [-0.39, 0.29) is 17.8 Å². The second kappa shape index (κ2) is 7.61. The summed E-state index contributed by atoms with van der Waals surface area (Å²) in [5.41, 5.74) is 0.697. The van der Waals surface area contributed by atoms with Crippen molar-refractivity contribution < 1.29 is 14.3 Å². The number of esters is 1. The lowest BCUT2D eigenvalue weighted by Gasteiger charge is -2.11. The number of ketones is 1. The zero-order chi connectivity index (χ0) is 13.4. The van der Waals surface area contributed by atoms with Gasteiger partial charge < -0.3 is 10.1 Å². The molecule has 18 heavy (non-hydrogen) atoms. The maximum Gasteiger partial charge on any atom is 0.322 e. The molecule has 0 aliphatic rings. The van der Waals surface area contributed by atoms with Gasteiger partial charge in [-0.25, -0.2) is 0 Å². The molecule has 1 rings (SSSR count). The SMILES string of the molecule is CCOC(=O)[C@@H](C)NCCC(=O)c1ccccc1.